The third kappa shape index (κ3) is 3.03. The van der Waals surface area contributed by atoms with E-state index in [2.05, 4.69) is 17.1 Å². The lowest BCUT2D eigenvalue weighted by Crippen LogP contribution is -2.50. The molecule has 18 heavy (non-hydrogen) atoms. The van der Waals surface area contributed by atoms with E-state index in [1.807, 2.05) is 0 Å². The van der Waals surface area contributed by atoms with Gasteiger partial charge in [0, 0.05) is 12.6 Å². The van der Waals surface area contributed by atoms with E-state index in [-0.39, 0.29) is 11.7 Å². The highest BCUT2D eigenvalue weighted by molar-refractivity contribution is 7.99. The SMILES string of the molecule is OC1CC(CNC2CCOC3(CCSCC3)C2)C1. The number of hydrogen-bond donors (Lipinski definition) is 2. The molecule has 2 heterocycles. The zero-order valence-corrected chi connectivity index (χ0v) is 11.9. The van der Waals surface area contributed by atoms with Gasteiger partial charge in [-0.25, -0.2) is 0 Å². The van der Waals surface area contributed by atoms with Crippen LogP contribution in [-0.4, -0.2) is 47.5 Å². The molecule has 2 saturated heterocycles. The van der Waals surface area contributed by atoms with Gasteiger partial charge in [-0.1, -0.05) is 0 Å². The lowest BCUT2D eigenvalue weighted by molar-refractivity contribution is -0.0941. The third-order valence-electron chi connectivity index (χ3n) is 4.80. The molecule has 2 N–H and O–H groups in total. The maximum atomic E-state index is 9.30. The summed E-state index contributed by atoms with van der Waals surface area (Å²) in [4.78, 5) is 0. The van der Waals surface area contributed by atoms with Gasteiger partial charge in [-0.05, 0) is 62.5 Å². The van der Waals surface area contributed by atoms with Gasteiger partial charge < -0.3 is 15.2 Å². The van der Waals surface area contributed by atoms with Crippen molar-refractivity contribution in [3.63, 3.8) is 0 Å². The molecule has 3 aliphatic rings. The van der Waals surface area contributed by atoms with Crippen molar-refractivity contribution in [2.45, 2.75) is 56.3 Å². The minimum atomic E-state index is -0.0202. The molecule has 0 aromatic rings. The number of ether oxygens (including phenoxy) is 1. The highest BCUT2D eigenvalue weighted by Gasteiger charge is 2.39. The molecule has 104 valence electrons. The van der Waals surface area contributed by atoms with Crippen molar-refractivity contribution in [3.8, 4) is 0 Å². The summed E-state index contributed by atoms with van der Waals surface area (Å²) in [6.07, 6.45) is 6.80. The van der Waals surface area contributed by atoms with Crippen molar-refractivity contribution in [1.29, 1.82) is 0 Å². The Balaban J connectivity index is 1.45. The Kier molecular flexibility index (Phi) is 4.18. The molecule has 1 atom stereocenters. The second-order valence-electron chi connectivity index (χ2n) is 6.23. The van der Waals surface area contributed by atoms with Crippen LogP contribution >= 0.6 is 11.8 Å². The molecule has 0 aromatic heterocycles. The average molecular weight is 271 g/mol. The molecule has 2 aliphatic heterocycles. The maximum Gasteiger partial charge on any atom is 0.0713 e. The molecule has 3 rings (SSSR count). The highest BCUT2D eigenvalue weighted by atomic mass is 32.2. The quantitative estimate of drug-likeness (QED) is 0.821. The average Bonchev–Trinajstić information content (AvgIpc) is 2.34. The van der Waals surface area contributed by atoms with Crippen molar-refractivity contribution in [1.82, 2.24) is 5.32 Å². The Bertz CT molecular complexity index is 269. The van der Waals surface area contributed by atoms with Gasteiger partial charge in [0.25, 0.3) is 0 Å². The first-order valence-electron chi connectivity index (χ1n) is 7.39. The minimum Gasteiger partial charge on any atom is -0.393 e. The lowest BCUT2D eigenvalue weighted by Gasteiger charge is -2.44. The van der Waals surface area contributed by atoms with Crippen LogP contribution in [0.2, 0.25) is 0 Å². The molecule has 1 spiro atoms. The van der Waals surface area contributed by atoms with Crippen LogP contribution in [0.4, 0.5) is 0 Å². The summed E-state index contributed by atoms with van der Waals surface area (Å²) < 4.78 is 6.11. The van der Waals surface area contributed by atoms with Gasteiger partial charge in [0.15, 0.2) is 0 Å². The Hall–Kier alpha value is 0.230. The van der Waals surface area contributed by atoms with E-state index in [1.165, 1.54) is 30.8 Å². The summed E-state index contributed by atoms with van der Waals surface area (Å²) in [5.41, 5.74) is 0.195. The van der Waals surface area contributed by atoms with Crippen LogP contribution < -0.4 is 5.32 Å². The van der Waals surface area contributed by atoms with E-state index in [1.54, 1.807) is 0 Å². The third-order valence-corrected chi connectivity index (χ3v) is 5.79. The zero-order chi connectivity index (χ0) is 12.4. The molecular formula is C14H25NO2S. The molecule has 0 radical (unpaired) electrons. The van der Waals surface area contributed by atoms with Crippen LogP contribution in [0.1, 0.15) is 38.5 Å². The number of aliphatic hydroxyl groups is 1. The van der Waals surface area contributed by atoms with E-state index in [9.17, 15) is 5.11 Å². The number of hydrogen-bond acceptors (Lipinski definition) is 4. The Morgan fingerprint density at radius 3 is 2.78 bits per heavy atom. The molecule has 3 nitrogen and oxygen atoms in total. The van der Waals surface area contributed by atoms with Crippen LogP contribution in [0.5, 0.6) is 0 Å². The molecule has 0 bridgehead atoms. The zero-order valence-electron chi connectivity index (χ0n) is 11.1. The van der Waals surface area contributed by atoms with Crippen molar-refractivity contribution >= 4 is 11.8 Å². The van der Waals surface area contributed by atoms with E-state index in [4.69, 9.17) is 4.74 Å². The van der Waals surface area contributed by atoms with Crippen LogP contribution in [-0.2, 0) is 4.74 Å². The monoisotopic (exact) mass is 271 g/mol. The predicted molar refractivity (Wildman–Crippen MR) is 75.0 cm³/mol. The standard InChI is InChI=1S/C14H25NO2S/c16-13-7-11(8-13)10-15-12-1-4-17-14(9-12)2-5-18-6-3-14/h11-13,15-16H,1-10H2. The molecule has 1 saturated carbocycles. The van der Waals surface area contributed by atoms with Crippen molar-refractivity contribution < 1.29 is 9.84 Å². The Morgan fingerprint density at radius 1 is 1.28 bits per heavy atom. The summed E-state index contributed by atoms with van der Waals surface area (Å²) >= 11 is 2.07. The van der Waals surface area contributed by atoms with E-state index >= 15 is 0 Å². The first-order chi connectivity index (χ1) is 8.76. The van der Waals surface area contributed by atoms with Crippen molar-refractivity contribution in [3.05, 3.63) is 0 Å². The Morgan fingerprint density at radius 2 is 2.06 bits per heavy atom. The molecular weight excluding hydrogens is 246 g/mol. The largest absolute Gasteiger partial charge is 0.393 e. The smallest absolute Gasteiger partial charge is 0.0713 e. The molecule has 0 amide bonds. The van der Waals surface area contributed by atoms with E-state index < -0.39 is 0 Å². The minimum absolute atomic E-state index is 0.0202. The van der Waals surface area contributed by atoms with Crippen molar-refractivity contribution in [2.75, 3.05) is 24.7 Å². The summed E-state index contributed by atoms with van der Waals surface area (Å²) in [5.74, 6) is 3.24. The van der Waals surface area contributed by atoms with Gasteiger partial charge in [-0.15, -0.1) is 0 Å². The number of thioether (sulfide) groups is 1. The molecule has 3 fully saturated rings. The van der Waals surface area contributed by atoms with Gasteiger partial charge in [-0.3, -0.25) is 0 Å². The Labute approximate surface area is 114 Å². The molecule has 0 aromatic carbocycles. The fraction of sp³-hybridized carbons (Fsp3) is 1.00. The summed E-state index contributed by atoms with van der Waals surface area (Å²) in [7, 11) is 0. The molecule has 1 aliphatic carbocycles. The van der Waals surface area contributed by atoms with E-state index in [0.717, 1.165) is 32.4 Å². The first-order valence-corrected chi connectivity index (χ1v) is 8.54. The lowest BCUT2D eigenvalue weighted by atomic mass is 9.81. The van der Waals surface area contributed by atoms with Gasteiger partial charge in [0.2, 0.25) is 0 Å². The molecule has 4 heteroatoms. The van der Waals surface area contributed by atoms with Crippen LogP contribution in [0.15, 0.2) is 0 Å². The summed E-state index contributed by atoms with van der Waals surface area (Å²) in [6.45, 7) is 2.02. The van der Waals surface area contributed by atoms with Crippen molar-refractivity contribution in [2.24, 2.45) is 5.92 Å². The van der Waals surface area contributed by atoms with Crippen LogP contribution in [0, 0.1) is 5.92 Å². The topological polar surface area (TPSA) is 41.5 Å². The van der Waals surface area contributed by atoms with Gasteiger partial charge in [0.05, 0.1) is 11.7 Å². The van der Waals surface area contributed by atoms with Gasteiger partial charge >= 0.3 is 0 Å². The van der Waals surface area contributed by atoms with E-state index in [0.29, 0.717) is 12.0 Å². The summed E-state index contributed by atoms with van der Waals surface area (Å²) in [6, 6.07) is 0.639. The summed E-state index contributed by atoms with van der Waals surface area (Å²) in [5, 5.41) is 13.0. The van der Waals surface area contributed by atoms with Gasteiger partial charge in [0.1, 0.15) is 0 Å². The first kappa shape index (κ1) is 13.2. The fourth-order valence-electron chi connectivity index (χ4n) is 3.49. The number of aliphatic hydroxyl groups excluding tert-OH is 1. The second kappa shape index (κ2) is 5.70. The number of rotatable bonds is 3. The van der Waals surface area contributed by atoms with Gasteiger partial charge in [-0.2, -0.15) is 11.8 Å². The van der Waals surface area contributed by atoms with Crippen LogP contribution in [0.3, 0.4) is 0 Å². The van der Waals surface area contributed by atoms with Crippen LogP contribution in [0.25, 0.3) is 0 Å². The highest BCUT2D eigenvalue weighted by Crippen LogP contribution is 2.37. The second-order valence-corrected chi connectivity index (χ2v) is 7.46. The maximum absolute atomic E-state index is 9.30. The number of nitrogens with one attached hydrogen (secondary N) is 1. The molecule has 1 unspecified atom stereocenters. The predicted octanol–water partition coefficient (Wildman–Crippen LogP) is 1.79. The normalized spacial score (nSPS) is 39.5. The fourth-order valence-corrected chi connectivity index (χ4v) is 4.73.